The molecule has 0 aliphatic heterocycles. The van der Waals surface area contributed by atoms with Crippen molar-refractivity contribution in [1.82, 2.24) is 5.43 Å². The van der Waals surface area contributed by atoms with E-state index in [1.54, 1.807) is 0 Å². The third-order valence-electron chi connectivity index (χ3n) is 0.163. The summed E-state index contributed by atoms with van der Waals surface area (Å²) in [5, 5.41) is 5.31. The lowest BCUT2D eigenvalue weighted by atomic mass is 11.5. The van der Waals surface area contributed by atoms with Gasteiger partial charge in [-0.3, -0.25) is 5.43 Å². The normalized spacial score (nSPS) is 5.33. The first-order chi connectivity index (χ1) is 2.91. The lowest BCUT2D eigenvalue weighted by Gasteiger charge is -1.72. The number of hydrazone groups is 1. The smallest absolute Gasteiger partial charge is 0.0848 e. The Hall–Kier alpha value is -0.310. The van der Waals surface area contributed by atoms with Gasteiger partial charge in [-0.15, -0.1) is 5.10 Å². The van der Waals surface area contributed by atoms with Crippen molar-refractivity contribution in [2.24, 2.45) is 5.10 Å². The maximum atomic E-state index is 4.30. The van der Waals surface area contributed by atoms with Crippen LogP contribution in [0.5, 0.6) is 0 Å². The quantitative estimate of drug-likeness (QED) is 0.325. The van der Waals surface area contributed by atoms with E-state index >= 15 is 0 Å². The van der Waals surface area contributed by atoms with Gasteiger partial charge in [0.1, 0.15) is 0 Å². The average molecular weight is 118 g/mol. The van der Waals surface area contributed by atoms with Crippen molar-refractivity contribution in [2.45, 2.75) is 0 Å². The van der Waals surface area contributed by atoms with Crippen LogP contribution in [0.25, 0.3) is 0 Å². The van der Waals surface area contributed by atoms with Gasteiger partial charge >= 0.3 is 0 Å². The molecular weight excluding hydrogens is 116 g/mol. The SMILES string of the molecule is S=C=NNC=S. The Bertz CT molecular complexity index is 83.5. The average Bonchev–Trinajstić information content (AvgIpc) is 1.61. The first kappa shape index (κ1) is 5.69. The molecule has 2 nitrogen and oxygen atoms in total. The highest BCUT2D eigenvalue weighted by atomic mass is 32.1. The van der Waals surface area contributed by atoms with E-state index in [9.17, 15) is 0 Å². The molecule has 0 saturated heterocycles. The van der Waals surface area contributed by atoms with Crippen LogP contribution in [-0.4, -0.2) is 10.7 Å². The molecule has 0 aliphatic carbocycles. The molecule has 1 N–H and O–H groups in total. The van der Waals surface area contributed by atoms with Crippen LogP contribution in [0.1, 0.15) is 0 Å². The summed E-state index contributed by atoms with van der Waals surface area (Å²) in [6, 6.07) is 0. The zero-order valence-corrected chi connectivity index (χ0v) is 4.47. The second-order valence-corrected chi connectivity index (χ2v) is 0.868. The van der Waals surface area contributed by atoms with Crippen molar-refractivity contribution in [3.05, 3.63) is 0 Å². The summed E-state index contributed by atoms with van der Waals surface area (Å²) < 4.78 is 0. The van der Waals surface area contributed by atoms with Crippen LogP contribution in [0.4, 0.5) is 0 Å². The van der Waals surface area contributed by atoms with Gasteiger partial charge in [-0.2, -0.15) is 0 Å². The molecule has 0 radical (unpaired) electrons. The Kier molecular flexibility index (Phi) is 4.45. The van der Waals surface area contributed by atoms with Crippen LogP contribution < -0.4 is 5.43 Å². The maximum absolute atomic E-state index is 4.30. The number of hydrogen-bond donors (Lipinski definition) is 1. The van der Waals surface area contributed by atoms with Gasteiger partial charge in [0.05, 0.1) is 10.7 Å². The molecule has 4 heteroatoms. The summed E-state index contributed by atoms with van der Waals surface area (Å²) in [6.07, 6.45) is 0. The first-order valence-corrected chi connectivity index (χ1v) is 2.06. The zero-order chi connectivity index (χ0) is 4.83. The van der Waals surface area contributed by atoms with Gasteiger partial charge in [-0.25, -0.2) is 0 Å². The van der Waals surface area contributed by atoms with Crippen LogP contribution in [0.15, 0.2) is 5.10 Å². The molecule has 0 aromatic carbocycles. The van der Waals surface area contributed by atoms with Gasteiger partial charge in [0.25, 0.3) is 0 Å². The summed E-state index contributed by atoms with van der Waals surface area (Å²) in [6.45, 7) is 0. The van der Waals surface area contributed by atoms with Crippen molar-refractivity contribution >= 4 is 35.1 Å². The van der Waals surface area contributed by atoms with E-state index in [-0.39, 0.29) is 0 Å². The highest BCUT2D eigenvalue weighted by Crippen LogP contribution is 1.45. The van der Waals surface area contributed by atoms with Crippen LogP contribution >= 0.6 is 24.4 Å². The Morgan fingerprint density at radius 3 is 2.67 bits per heavy atom. The van der Waals surface area contributed by atoms with Gasteiger partial charge in [0, 0.05) is 0 Å². The summed E-state index contributed by atoms with van der Waals surface area (Å²) in [5.41, 5.74) is 3.55. The topological polar surface area (TPSA) is 24.4 Å². The van der Waals surface area contributed by atoms with Crippen LogP contribution in [0.3, 0.4) is 0 Å². The van der Waals surface area contributed by atoms with Gasteiger partial charge in [-0.1, -0.05) is 12.2 Å². The third-order valence-corrected chi connectivity index (χ3v) is 0.360. The van der Waals surface area contributed by atoms with Crippen molar-refractivity contribution in [2.75, 3.05) is 0 Å². The zero-order valence-electron chi connectivity index (χ0n) is 2.84. The van der Waals surface area contributed by atoms with Gasteiger partial charge in [0.15, 0.2) is 0 Å². The predicted octanol–water partition coefficient (Wildman–Crippen LogP) is 0.551. The highest BCUT2D eigenvalue weighted by Gasteiger charge is 1.51. The van der Waals surface area contributed by atoms with Crippen molar-refractivity contribution < 1.29 is 0 Å². The van der Waals surface area contributed by atoms with Crippen LogP contribution in [0, 0.1) is 0 Å². The monoisotopic (exact) mass is 118 g/mol. The summed E-state index contributed by atoms with van der Waals surface area (Å²) in [5.74, 6) is 0. The number of thiocarbonyl (C=S) groups is 2. The van der Waals surface area contributed by atoms with Crippen molar-refractivity contribution in [3.63, 3.8) is 0 Å². The Morgan fingerprint density at radius 1 is 1.83 bits per heavy atom. The number of nitrogens with one attached hydrogen (secondary N) is 1. The molecule has 0 spiro atoms. The molecule has 0 aromatic heterocycles. The van der Waals surface area contributed by atoms with Gasteiger partial charge < -0.3 is 0 Å². The number of nitrogens with zero attached hydrogens (tertiary/aromatic N) is 1. The molecule has 0 aliphatic rings. The van der Waals surface area contributed by atoms with E-state index < -0.39 is 0 Å². The number of isothiocyanates is 1. The molecule has 6 heavy (non-hydrogen) atoms. The summed E-state index contributed by atoms with van der Waals surface area (Å²) >= 11 is 8.47. The molecule has 0 bridgehead atoms. The molecule has 32 valence electrons. The third kappa shape index (κ3) is 3.69. The summed E-state index contributed by atoms with van der Waals surface area (Å²) in [4.78, 5) is 0. The molecule has 0 fully saturated rings. The minimum absolute atomic E-state index is 1.25. The molecular formula is C2H2N2S2. The minimum atomic E-state index is 1.25. The lowest BCUT2D eigenvalue weighted by molar-refractivity contribution is 1.09. The fourth-order valence-electron chi connectivity index (χ4n) is 0.0527. The van der Waals surface area contributed by atoms with E-state index in [1.165, 1.54) is 5.49 Å². The van der Waals surface area contributed by atoms with E-state index in [1.807, 2.05) is 0 Å². The minimum Gasteiger partial charge on any atom is -0.266 e. The predicted molar refractivity (Wildman–Crippen MR) is 31.8 cm³/mol. The van der Waals surface area contributed by atoms with Crippen molar-refractivity contribution in [1.29, 1.82) is 0 Å². The van der Waals surface area contributed by atoms with E-state index in [0.717, 1.165) is 0 Å². The number of rotatable bonds is 2. The second-order valence-electron chi connectivity index (χ2n) is 0.450. The molecule has 0 aromatic rings. The standard InChI is InChI=1S/C2H2N2S2/c5-1-3-4-2-6/h1H,(H,3,5). The largest absolute Gasteiger partial charge is 0.266 e. The van der Waals surface area contributed by atoms with E-state index in [0.29, 0.717) is 0 Å². The van der Waals surface area contributed by atoms with Crippen LogP contribution in [0.2, 0.25) is 0 Å². The van der Waals surface area contributed by atoms with Gasteiger partial charge in [0.2, 0.25) is 0 Å². The molecule has 0 heterocycles. The molecule has 0 atom stereocenters. The first-order valence-electron chi connectivity index (χ1n) is 1.18. The fourth-order valence-corrected chi connectivity index (χ4v) is 0.158. The molecule has 0 amide bonds. The van der Waals surface area contributed by atoms with Crippen molar-refractivity contribution in [3.8, 4) is 0 Å². The van der Waals surface area contributed by atoms with E-state index in [2.05, 4.69) is 40.1 Å². The molecule has 0 unspecified atom stereocenters. The number of hydrogen-bond acceptors (Lipinski definition) is 3. The highest BCUT2D eigenvalue weighted by molar-refractivity contribution is 7.79. The molecule has 0 saturated carbocycles. The van der Waals surface area contributed by atoms with Gasteiger partial charge in [-0.05, 0) is 12.2 Å². The van der Waals surface area contributed by atoms with Crippen LogP contribution in [-0.2, 0) is 0 Å². The summed E-state index contributed by atoms with van der Waals surface area (Å²) in [7, 11) is 0. The maximum Gasteiger partial charge on any atom is 0.0848 e. The molecule has 0 rings (SSSR count). The van der Waals surface area contributed by atoms with E-state index in [4.69, 9.17) is 0 Å². The Morgan fingerprint density at radius 2 is 2.50 bits per heavy atom. The lowest BCUT2D eigenvalue weighted by Crippen LogP contribution is -1.95. The fraction of sp³-hybridized carbons (Fsp3) is 0. The Labute approximate surface area is 46.2 Å². The second kappa shape index (κ2) is 4.69. The Balaban J connectivity index is 3.07.